The second-order valence-corrected chi connectivity index (χ2v) is 11.9. The zero-order chi connectivity index (χ0) is 29.7. The summed E-state index contributed by atoms with van der Waals surface area (Å²) in [7, 11) is 6.31. The normalized spacial score (nSPS) is 18.5. The lowest BCUT2D eigenvalue weighted by molar-refractivity contribution is -0.138. The molecule has 2 aromatic carbocycles. The van der Waals surface area contributed by atoms with Gasteiger partial charge in [-0.25, -0.2) is 4.79 Å². The number of thioether (sulfide) groups is 1. The van der Waals surface area contributed by atoms with E-state index in [0.717, 1.165) is 22.6 Å². The lowest BCUT2D eigenvalue weighted by atomic mass is 9.71. The molecule has 0 spiro atoms. The van der Waals surface area contributed by atoms with Gasteiger partial charge in [-0.05, 0) is 60.4 Å². The van der Waals surface area contributed by atoms with Gasteiger partial charge >= 0.3 is 5.97 Å². The number of rotatable bonds is 11. The molecule has 0 saturated carbocycles. The van der Waals surface area contributed by atoms with Crippen LogP contribution in [0, 0.1) is 0 Å². The molecule has 10 heteroatoms. The summed E-state index contributed by atoms with van der Waals surface area (Å²) in [5.41, 5.74) is 4.14. The molecule has 1 N–H and O–H groups in total. The van der Waals surface area contributed by atoms with E-state index in [1.54, 1.807) is 46.3 Å². The van der Waals surface area contributed by atoms with Crippen LogP contribution in [0.3, 0.4) is 0 Å². The largest absolute Gasteiger partial charge is 0.493 e. The van der Waals surface area contributed by atoms with Crippen LogP contribution in [0.4, 0.5) is 0 Å². The Bertz CT molecular complexity index is 1390. The Morgan fingerprint density at radius 1 is 0.976 bits per heavy atom. The van der Waals surface area contributed by atoms with E-state index in [1.165, 1.54) is 0 Å². The summed E-state index contributed by atoms with van der Waals surface area (Å²) < 4.78 is 28.4. The van der Waals surface area contributed by atoms with Crippen molar-refractivity contribution < 1.29 is 33.3 Å². The monoisotopic (exact) mass is 645 g/mol. The van der Waals surface area contributed by atoms with E-state index in [0.29, 0.717) is 56.5 Å². The highest BCUT2D eigenvalue weighted by molar-refractivity contribution is 9.10. The molecule has 1 aliphatic carbocycles. The zero-order valence-corrected chi connectivity index (χ0v) is 26.6. The van der Waals surface area contributed by atoms with Gasteiger partial charge in [-0.15, -0.1) is 0 Å². The molecular weight excluding hydrogens is 610 g/mol. The van der Waals surface area contributed by atoms with Crippen molar-refractivity contribution in [1.29, 1.82) is 0 Å². The summed E-state index contributed by atoms with van der Waals surface area (Å²) in [5, 5.41) is 3.41. The Morgan fingerprint density at radius 3 is 2.29 bits per heavy atom. The van der Waals surface area contributed by atoms with E-state index in [9.17, 15) is 9.59 Å². The van der Waals surface area contributed by atoms with Gasteiger partial charge < -0.3 is 29.0 Å². The standard InChI is InChI=1S/C31H36BrNO7S/c1-7-41-11-10-40-31(35)28-17(2)33-22-12-19(18-8-9-24(36-3)25(14-18)37-4)13-23(34)30(22)29(28)20-15-26(38-5)27(39-6)16-21(20)32/h8-9,14-16,19,29,33H,7,10-13H2,1-6H3. The second-order valence-electron chi connectivity index (χ2n) is 9.69. The summed E-state index contributed by atoms with van der Waals surface area (Å²) in [5.74, 6) is 2.72. The van der Waals surface area contributed by atoms with Crippen molar-refractivity contribution in [2.24, 2.45) is 0 Å². The molecule has 0 aromatic heterocycles. The van der Waals surface area contributed by atoms with Crippen LogP contribution >= 0.6 is 27.7 Å². The van der Waals surface area contributed by atoms with E-state index in [4.69, 9.17) is 23.7 Å². The summed E-state index contributed by atoms with van der Waals surface area (Å²) in [6, 6.07) is 9.37. The highest BCUT2D eigenvalue weighted by atomic mass is 79.9. The van der Waals surface area contributed by atoms with Crippen LogP contribution in [0.5, 0.6) is 23.0 Å². The van der Waals surface area contributed by atoms with Crippen molar-refractivity contribution in [3.8, 4) is 23.0 Å². The molecule has 1 aliphatic heterocycles. The Hall–Kier alpha value is -3.11. The predicted octanol–water partition coefficient (Wildman–Crippen LogP) is 6.14. The average molecular weight is 647 g/mol. The molecule has 2 unspecified atom stereocenters. The van der Waals surface area contributed by atoms with Crippen LogP contribution in [0.15, 0.2) is 57.3 Å². The third-order valence-electron chi connectivity index (χ3n) is 7.41. The van der Waals surface area contributed by atoms with E-state index in [2.05, 4.69) is 28.2 Å². The van der Waals surface area contributed by atoms with Gasteiger partial charge in [0.15, 0.2) is 28.8 Å². The number of halogens is 1. The van der Waals surface area contributed by atoms with Crippen molar-refractivity contribution in [1.82, 2.24) is 5.32 Å². The summed E-state index contributed by atoms with van der Waals surface area (Å²) in [6.07, 6.45) is 0.872. The number of benzene rings is 2. The number of hydrogen-bond acceptors (Lipinski definition) is 9. The fourth-order valence-electron chi connectivity index (χ4n) is 5.47. The van der Waals surface area contributed by atoms with Gasteiger partial charge in [-0.1, -0.05) is 28.9 Å². The van der Waals surface area contributed by atoms with Gasteiger partial charge in [0.25, 0.3) is 0 Å². The molecular formula is C31H36BrNO7S. The summed E-state index contributed by atoms with van der Waals surface area (Å²) in [4.78, 5) is 27.6. The number of nitrogens with one attached hydrogen (secondary N) is 1. The molecule has 0 amide bonds. The Kier molecular flexibility index (Phi) is 10.3. The number of ether oxygens (including phenoxy) is 5. The molecule has 0 bridgehead atoms. The Balaban J connectivity index is 1.80. The first-order chi connectivity index (χ1) is 19.8. The molecule has 4 rings (SSSR count). The first kappa shape index (κ1) is 30.8. The van der Waals surface area contributed by atoms with Crippen molar-refractivity contribution in [2.75, 3.05) is 46.6 Å². The Labute approximate surface area is 253 Å². The molecule has 0 saturated heterocycles. The minimum atomic E-state index is -0.648. The van der Waals surface area contributed by atoms with Crippen molar-refractivity contribution in [3.63, 3.8) is 0 Å². The van der Waals surface area contributed by atoms with Crippen LogP contribution in [0.25, 0.3) is 0 Å². The number of hydrogen-bond donors (Lipinski definition) is 1. The number of allylic oxidation sites excluding steroid dienone is 3. The number of Topliss-reactive ketones (excluding diaryl/α,β-unsaturated/α-hetero) is 1. The highest BCUT2D eigenvalue weighted by Gasteiger charge is 2.42. The second kappa shape index (κ2) is 13.7. The van der Waals surface area contributed by atoms with Gasteiger partial charge in [0.2, 0.25) is 0 Å². The minimum Gasteiger partial charge on any atom is -0.493 e. The highest BCUT2D eigenvalue weighted by Crippen LogP contribution is 2.49. The maximum Gasteiger partial charge on any atom is 0.336 e. The van der Waals surface area contributed by atoms with E-state index in [1.807, 2.05) is 31.2 Å². The fraction of sp³-hybridized carbons (Fsp3) is 0.419. The molecule has 220 valence electrons. The predicted molar refractivity (Wildman–Crippen MR) is 163 cm³/mol. The molecule has 0 fully saturated rings. The summed E-state index contributed by atoms with van der Waals surface area (Å²) >= 11 is 5.38. The van der Waals surface area contributed by atoms with Crippen LogP contribution < -0.4 is 24.3 Å². The first-order valence-corrected chi connectivity index (χ1v) is 15.3. The molecule has 1 heterocycles. The fourth-order valence-corrected chi connectivity index (χ4v) is 6.51. The molecule has 2 aromatic rings. The average Bonchev–Trinajstić information content (AvgIpc) is 2.97. The van der Waals surface area contributed by atoms with E-state index < -0.39 is 11.9 Å². The van der Waals surface area contributed by atoms with E-state index in [-0.39, 0.29) is 24.7 Å². The summed E-state index contributed by atoms with van der Waals surface area (Å²) in [6.45, 7) is 4.20. The van der Waals surface area contributed by atoms with E-state index >= 15 is 0 Å². The molecule has 2 aliphatic rings. The SMILES string of the molecule is CCSCCOC(=O)C1=C(C)NC2=C(C(=O)CC(c3ccc(OC)c(OC)c3)C2)C1c1cc(OC)c(OC)cc1Br. The lowest BCUT2D eigenvalue weighted by Crippen LogP contribution is -2.36. The van der Waals surface area contributed by atoms with Crippen molar-refractivity contribution in [3.05, 3.63) is 68.5 Å². The van der Waals surface area contributed by atoms with Gasteiger partial charge in [-0.3, -0.25) is 4.79 Å². The number of dihydropyridines is 1. The van der Waals surface area contributed by atoms with Crippen molar-refractivity contribution in [2.45, 2.75) is 38.5 Å². The number of carbonyl (C=O) groups is 2. The smallest absolute Gasteiger partial charge is 0.336 e. The number of carbonyl (C=O) groups excluding carboxylic acids is 2. The minimum absolute atomic E-state index is 0.0374. The van der Waals surface area contributed by atoms with Gasteiger partial charge in [0.1, 0.15) is 6.61 Å². The number of ketones is 1. The van der Waals surface area contributed by atoms with Gasteiger partial charge in [-0.2, -0.15) is 11.8 Å². The first-order valence-electron chi connectivity index (χ1n) is 13.4. The lowest BCUT2D eigenvalue weighted by Gasteiger charge is -2.37. The quantitative estimate of drug-likeness (QED) is 0.228. The maximum absolute atomic E-state index is 14.0. The third kappa shape index (κ3) is 6.38. The number of methoxy groups -OCH3 is 4. The van der Waals surface area contributed by atoms with Crippen molar-refractivity contribution >= 4 is 39.4 Å². The van der Waals surface area contributed by atoms with Gasteiger partial charge in [0.05, 0.1) is 34.0 Å². The molecule has 8 nitrogen and oxygen atoms in total. The van der Waals surface area contributed by atoms with Crippen LogP contribution in [-0.2, 0) is 14.3 Å². The molecule has 2 atom stereocenters. The topological polar surface area (TPSA) is 92.3 Å². The van der Waals surface area contributed by atoms with Crippen LogP contribution in [0.1, 0.15) is 49.7 Å². The molecule has 0 radical (unpaired) electrons. The maximum atomic E-state index is 14.0. The Morgan fingerprint density at radius 2 is 1.63 bits per heavy atom. The van der Waals surface area contributed by atoms with Crippen LogP contribution in [-0.4, -0.2) is 58.3 Å². The van der Waals surface area contributed by atoms with Crippen LogP contribution in [0.2, 0.25) is 0 Å². The third-order valence-corrected chi connectivity index (χ3v) is 8.96. The van der Waals surface area contributed by atoms with Gasteiger partial charge in [0, 0.05) is 39.5 Å². The number of esters is 1. The zero-order valence-electron chi connectivity index (χ0n) is 24.2. The molecule has 41 heavy (non-hydrogen) atoms.